The average molecular weight is 567 g/mol. The molecule has 12 heteroatoms. The number of nitrogens with zero attached hydrogens (tertiary/aromatic N) is 6. The van der Waals surface area contributed by atoms with Crippen LogP contribution in [-0.4, -0.2) is 79.7 Å². The molecular weight excluding hydrogens is 536 g/mol. The molecule has 0 spiro atoms. The van der Waals surface area contributed by atoms with Crippen molar-refractivity contribution < 1.29 is 14.3 Å². The predicted octanol–water partition coefficient (Wildman–Crippen LogP) is 3.34. The summed E-state index contributed by atoms with van der Waals surface area (Å²) in [7, 11) is 0. The predicted molar refractivity (Wildman–Crippen MR) is 151 cm³/mol. The minimum atomic E-state index is -0.337. The van der Waals surface area contributed by atoms with E-state index < -0.39 is 0 Å². The summed E-state index contributed by atoms with van der Waals surface area (Å²) in [6, 6.07) is 17.9. The molecule has 10 nitrogen and oxygen atoms in total. The van der Waals surface area contributed by atoms with Gasteiger partial charge in [-0.25, -0.2) is 4.79 Å². The van der Waals surface area contributed by atoms with E-state index in [9.17, 15) is 14.4 Å². The van der Waals surface area contributed by atoms with Crippen molar-refractivity contribution in [1.29, 1.82) is 0 Å². The topological polar surface area (TPSA) is 103 Å². The van der Waals surface area contributed by atoms with Crippen molar-refractivity contribution in [3.05, 3.63) is 75.7 Å². The molecule has 0 aliphatic carbocycles. The number of para-hydroxylation sites is 1. The van der Waals surface area contributed by atoms with Gasteiger partial charge in [0, 0.05) is 32.7 Å². The molecule has 3 heterocycles. The summed E-state index contributed by atoms with van der Waals surface area (Å²) >= 11 is 2.57. The van der Waals surface area contributed by atoms with E-state index >= 15 is 0 Å². The van der Waals surface area contributed by atoms with Crippen LogP contribution >= 0.6 is 23.1 Å². The van der Waals surface area contributed by atoms with Crippen LogP contribution in [0.4, 0.5) is 4.79 Å². The molecule has 0 bridgehead atoms. The van der Waals surface area contributed by atoms with E-state index in [1.807, 2.05) is 47.0 Å². The summed E-state index contributed by atoms with van der Waals surface area (Å²) in [5, 5.41) is 9.50. The summed E-state index contributed by atoms with van der Waals surface area (Å²) in [5.41, 5.74) is 2.05. The van der Waals surface area contributed by atoms with Gasteiger partial charge in [-0.15, -0.1) is 10.2 Å². The molecule has 1 aliphatic heterocycles. The second-order valence-corrected chi connectivity index (χ2v) is 11.0. The standard InChI is InChI=1S/C27H30N6O4S2/c1-2-37-26(35)31-16-14-30(15-17-31)24(34)19-38-25-29-28-23(32(25)13-12-20-8-4-3-5-9-20)18-33-21-10-6-7-11-22(21)39-27(33)36/h3-11H,2,12-19H2,1H3. The highest BCUT2D eigenvalue weighted by molar-refractivity contribution is 7.99. The number of carbonyl (C=O) groups excluding carboxylic acids is 2. The zero-order valence-corrected chi connectivity index (χ0v) is 23.3. The van der Waals surface area contributed by atoms with Crippen LogP contribution < -0.4 is 4.87 Å². The number of rotatable bonds is 9. The van der Waals surface area contributed by atoms with Gasteiger partial charge < -0.3 is 19.1 Å². The average Bonchev–Trinajstić information content (AvgIpc) is 3.50. The second kappa shape index (κ2) is 12.5. The quantitative estimate of drug-likeness (QED) is 0.286. The Morgan fingerprint density at radius 3 is 2.44 bits per heavy atom. The van der Waals surface area contributed by atoms with Gasteiger partial charge in [-0.1, -0.05) is 65.6 Å². The first kappa shape index (κ1) is 26.9. The molecular formula is C27H30N6O4S2. The number of aromatic nitrogens is 4. The fourth-order valence-corrected chi connectivity index (χ4v) is 6.31. The fraction of sp³-hybridized carbons (Fsp3) is 0.370. The molecule has 0 N–H and O–H groups in total. The Labute approximate surface area is 234 Å². The number of amides is 2. The number of thiazole rings is 1. The molecule has 0 radical (unpaired) electrons. The maximum absolute atomic E-state index is 13.0. The Morgan fingerprint density at radius 1 is 0.949 bits per heavy atom. The monoisotopic (exact) mass is 566 g/mol. The van der Waals surface area contributed by atoms with Crippen LogP contribution in [0.25, 0.3) is 10.2 Å². The van der Waals surface area contributed by atoms with Gasteiger partial charge in [-0.2, -0.15) is 0 Å². The van der Waals surface area contributed by atoms with Gasteiger partial charge in [0.25, 0.3) is 0 Å². The van der Waals surface area contributed by atoms with Crippen LogP contribution in [0, 0.1) is 0 Å². The van der Waals surface area contributed by atoms with Crippen molar-refractivity contribution in [3.8, 4) is 0 Å². The summed E-state index contributed by atoms with van der Waals surface area (Å²) in [6.07, 6.45) is 0.429. The number of carbonyl (C=O) groups is 2. The summed E-state index contributed by atoms with van der Waals surface area (Å²) in [4.78, 5) is 41.1. The minimum Gasteiger partial charge on any atom is -0.450 e. The number of aryl methyl sites for hydroxylation is 1. The highest BCUT2D eigenvalue weighted by Gasteiger charge is 2.25. The molecule has 0 atom stereocenters. The summed E-state index contributed by atoms with van der Waals surface area (Å²) in [5.74, 6) is 0.877. The van der Waals surface area contributed by atoms with E-state index in [0.29, 0.717) is 56.9 Å². The van der Waals surface area contributed by atoms with Gasteiger partial charge in [0.1, 0.15) is 0 Å². The smallest absolute Gasteiger partial charge is 0.409 e. The first-order valence-electron chi connectivity index (χ1n) is 12.9. The van der Waals surface area contributed by atoms with E-state index in [0.717, 1.165) is 16.6 Å². The van der Waals surface area contributed by atoms with Crippen LogP contribution in [0.3, 0.4) is 0 Å². The number of benzene rings is 2. The maximum Gasteiger partial charge on any atom is 0.409 e. The normalized spacial score (nSPS) is 13.7. The van der Waals surface area contributed by atoms with Crippen molar-refractivity contribution in [2.24, 2.45) is 0 Å². The Balaban J connectivity index is 1.29. The van der Waals surface area contributed by atoms with Gasteiger partial charge in [-0.05, 0) is 31.0 Å². The molecule has 2 aromatic heterocycles. The lowest BCUT2D eigenvalue weighted by Crippen LogP contribution is -2.51. The molecule has 2 amide bonds. The van der Waals surface area contributed by atoms with E-state index in [2.05, 4.69) is 22.3 Å². The molecule has 1 saturated heterocycles. The zero-order chi connectivity index (χ0) is 27.2. The third kappa shape index (κ3) is 6.34. The Morgan fingerprint density at radius 2 is 1.67 bits per heavy atom. The zero-order valence-electron chi connectivity index (χ0n) is 21.7. The van der Waals surface area contributed by atoms with E-state index in [-0.39, 0.29) is 22.6 Å². The van der Waals surface area contributed by atoms with Gasteiger partial charge in [0.05, 0.1) is 29.1 Å². The van der Waals surface area contributed by atoms with E-state index in [1.54, 1.807) is 21.3 Å². The largest absolute Gasteiger partial charge is 0.450 e. The molecule has 1 fully saturated rings. The lowest BCUT2D eigenvalue weighted by Gasteiger charge is -2.34. The molecule has 204 valence electrons. The van der Waals surface area contributed by atoms with Crippen molar-refractivity contribution in [2.75, 3.05) is 38.5 Å². The number of ether oxygens (including phenoxy) is 1. The molecule has 1 aliphatic rings. The van der Waals surface area contributed by atoms with Crippen LogP contribution in [0.1, 0.15) is 18.3 Å². The van der Waals surface area contributed by atoms with Gasteiger partial charge in [-0.3, -0.25) is 14.2 Å². The number of hydrogen-bond donors (Lipinski definition) is 0. The van der Waals surface area contributed by atoms with E-state index in [1.165, 1.54) is 28.7 Å². The molecule has 5 rings (SSSR count). The van der Waals surface area contributed by atoms with Crippen LogP contribution in [-0.2, 0) is 29.0 Å². The van der Waals surface area contributed by atoms with Crippen molar-refractivity contribution in [3.63, 3.8) is 0 Å². The van der Waals surface area contributed by atoms with Crippen molar-refractivity contribution in [1.82, 2.24) is 29.1 Å². The number of piperazine rings is 1. The minimum absolute atomic E-state index is 0.0114. The molecule has 4 aromatic rings. The lowest BCUT2D eigenvalue weighted by atomic mass is 10.1. The fourth-order valence-electron chi connectivity index (χ4n) is 4.53. The second-order valence-electron chi connectivity index (χ2n) is 9.06. The Kier molecular flexibility index (Phi) is 8.62. The van der Waals surface area contributed by atoms with E-state index in [4.69, 9.17) is 4.74 Å². The lowest BCUT2D eigenvalue weighted by molar-refractivity contribution is -0.129. The van der Waals surface area contributed by atoms with Crippen LogP contribution in [0.2, 0.25) is 0 Å². The molecule has 0 unspecified atom stereocenters. The highest BCUT2D eigenvalue weighted by atomic mass is 32.2. The number of hydrogen-bond acceptors (Lipinski definition) is 8. The summed E-state index contributed by atoms with van der Waals surface area (Å²) < 4.78 is 9.74. The SMILES string of the molecule is CCOC(=O)N1CCN(C(=O)CSc2nnc(Cn3c(=O)sc4ccccc43)n2CCc2ccccc2)CC1. The van der Waals surface area contributed by atoms with Crippen LogP contribution in [0.5, 0.6) is 0 Å². The Hall–Kier alpha value is -3.64. The van der Waals surface area contributed by atoms with Crippen molar-refractivity contribution in [2.45, 2.75) is 31.6 Å². The first-order chi connectivity index (χ1) is 19.0. The molecule has 39 heavy (non-hydrogen) atoms. The van der Waals surface area contributed by atoms with Crippen LogP contribution in [0.15, 0.2) is 64.5 Å². The third-order valence-corrected chi connectivity index (χ3v) is 8.53. The van der Waals surface area contributed by atoms with Gasteiger partial charge in [0.2, 0.25) is 5.91 Å². The molecule has 0 saturated carbocycles. The number of thioether (sulfide) groups is 1. The Bertz CT molecular complexity index is 1490. The number of fused-ring (bicyclic) bond motifs is 1. The molecule has 2 aromatic carbocycles. The van der Waals surface area contributed by atoms with Gasteiger partial charge >= 0.3 is 11.0 Å². The van der Waals surface area contributed by atoms with Gasteiger partial charge in [0.15, 0.2) is 11.0 Å². The third-order valence-electron chi connectivity index (χ3n) is 6.62. The highest BCUT2D eigenvalue weighted by Crippen LogP contribution is 2.22. The first-order valence-corrected chi connectivity index (χ1v) is 14.7. The maximum atomic E-state index is 13.0. The van der Waals surface area contributed by atoms with Crippen molar-refractivity contribution >= 4 is 45.3 Å². The summed E-state index contributed by atoms with van der Waals surface area (Å²) in [6.45, 7) is 4.88.